The molecule has 2 atom stereocenters. The van der Waals surface area contributed by atoms with Gasteiger partial charge in [-0.1, -0.05) is 33.1 Å². The Morgan fingerprint density at radius 3 is 2.12 bits per heavy atom. The molecule has 1 aliphatic carbocycles. The number of ether oxygens (including phenoxy) is 1. The van der Waals surface area contributed by atoms with Crippen molar-refractivity contribution in [2.24, 2.45) is 11.5 Å². The van der Waals surface area contributed by atoms with Gasteiger partial charge in [-0.15, -0.1) is 0 Å². The summed E-state index contributed by atoms with van der Waals surface area (Å²) in [5, 5.41) is 3.22. The van der Waals surface area contributed by atoms with Crippen LogP contribution in [0, 0.1) is 18.6 Å². The van der Waals surface area contributed by atoms with Gasteiger partial charge in [-0.3, -0.25) is 14.9 Å². The molecule has 0 saturated heterocycles. The monoisotopic (exact) mass is 586 g/mol. The van der Waals surface area contributed by atoms with E-state index in [0.29, 0.717) is 42.6 Å². The number of primary amides is 1. The lowest BCUT2D eigenvalue weighted by Gasteiger charge is -2.37. The average Bonchev–Trinajstić information content (AvgIpc) is 2.94. The first-order valence-electron chi connectivity index (χ1n) is 14.9. The molecule has 3 rings (SSSR count). The van der Waals surface area contributed by atoms with Crippen molar-refractivity contribution in [2.45, 2.75) is 89.8 Å². The van der Waals surface area contributed by atoms with Crippen molar-refractivity contribution < 1.29 is 27.9 Å². The Morgan fingerprint density at radius 1 is 0.952 bits per heavy atom. The van der Waals surface area contributed by atoms with Gasteiger partial charge in [0.15, 0.2) is 0 Å². The molecule has 230 valence electrons. The van der Waals surface area contributed by atoms with Gasteiger partial charge in [-0.2, -0.15) is 0 Å². The fourth-order valence-electron chi connectivity index (χ4n) is 5.64. The number of amides is 2. The van der Waals surface area contributed by atoms with Crippen LogP contribution in [0.15, 0.2) is 36.4 Å². The first-order valence-corrected chi connectivity index (χ1v) is 14.9. The first kappa shape index (κ1) is 33.1. The Balaban J connectivity index is 1.87. The molecule has 2 amide bonds. The highest BCUT2D eigenvalue weighted by atomic mass is 19.1. The van der Waals surface area contributed by atoms with Gasteiger partial charge in [0.05, 0.1) is 11.1 Å². The third kappa shape index (κ3) is 8.82. The second-order valence-corrected chi connectivity index (χ2v) is 11.4. The molecule has 0 bridgehead atoms. The largest absolute Gasteiger partial charge is 0.456 e. The third-order valence-electron chi connectivity index (χ3n) is 7.78. The Labute approximate surface area is 247 Å². The molecular formula is C32H44F2N4O4. The number of nitrogens with two attached hydrogens (primary N) is 2. The molecule has 1 aliphatic rings. The first-order chi connectivity index (χ1) is 20.0. The molecule has 8 nitrogen and oxygen atoms in total. The van der Waals surface area contributed by atoms with E-state index in [1.807, 2.05) is 13.8 Å². The maximum absolute atomic E-state index is 13.9. The SMILES string of the molecule is CCCN(CCC)C(=O)c1cc(C)cc(C(=O)O[C@H](CNC2(C(N)=O)CCCCC2)[C@@H](N)Cc2cc(F)cc(F)c2)c1. The lowest BCUT2D eigenvalue weighted by atomic mass is 9.81. The number of halogens is 2. The lowest BCUT2D eigenvalue weighted by molar-refractivity contribution is -0.126. The fourth-order valence-corrected chi connectivity index (χ4v) is 5.64. The lowest BCUT2D eigenvalue weighted by Crippen LogP contribution is -2.60. The molecule has 0 aromatic heterocycles. The number of rotatable bonds is 14. The number of aryl methyl sites for hydroxylation is 1. The molecule has 0 heterocycles. The quantitative estimate of drug-likeness (QED) is 0.282. The molecule has 0 spiro atoms. The number of esters is 1. The van der Waals surface area contributed by atoms with Gasteiger partial charge in [-0.05, 0) is 80.5 Å². The molecule has 0 aliphatic heterocycles. The summed E-state index contributed by atoms with van der Waals surface area (Å²) in [6.07, 6.45) is 4.37. The van der Waals surface area contributed by atoms with Crippen molar-refractivity contribution in [2.75, 3.05) is 19.6 Å². The molecule has 42 heavy (non-hydrogen) atoms. The number of carbonyl (C=O) groups is 3. The van der Waals surface area contributed by atoms with Crippen LogP contribution in [0.5, 0.6) is 0 Å². The molecule has 1 saturated carbocycles. The van der Waals surface area contributed by atoms with Crippen LogP contribution in [-0.4, -0.2) is 60.0 Å². The van der Waals surface area contributed by atoms with Crippen LogP contribution in [0.3, 0.4) is 0 Å². The second kappa shape index (κ2) is 15.2. The Kier molecular flexibility index (Phi) is 12.0. The van der Waals surface area contributed by atoms with Crippen molar-refractivity contribution >= 4 is 17.8 Å². The van der Waals surface area contributed by atoms with Crippen LogP contribution in [-0.2, 0) is 16.0 Å². The zero-order valence-electron chi connectivity index (χ0n) is 24.9. The highest BCUT2D eigenvalue weighted by Crippen LogP contribution is 2.28. The summed E-state index contributed by atoms with van der Waals surface area (Å²) in [5.41, 5.74) is 12.9. The van der Waals surface area contributed by atoms with Gasteiger partial charge in [-0.25, -0.2) is 13.6 Å². The van der Waals surface area contributed by atoms with E-state index in [1.165, 1.54) is 18.2 Å². The van der Waals surface area contributed by atoms with Gasteiger partial charge in [0.1, 0.15) is 17.7 Å². The van der Waals surface area contributed by atoms with Crippen molar-refractivity contribution in [1.82, 2.24) is 10.2 Å². The minimum atomic E-state index is -0.974. The predicted octanol–water partition coefficient (Wildman–Crippen LogP) is 4.41. The average molecular weight is 587 g/mol. The third-order valence-corrected chi connectivity index (χ3v) is 7.78. The van der Waals surface area contributed by atoms with E-state index in [4.69, 9.17) is 16.2 Å². The summed E-state index contributed by atoms with van der Waals surface area (Å²) in [7, 11) is 0. The van der Waals surface area contributed by atoms with Crippen LogP contribution in [0.25, 0.3) is 0 Å². The van der Waals surface area contributed by atoms with E-state index in [0.717, 1.165) is 38.2 Å². The summed E-state index contributed by atoms with van der Waals surface area (Å²) < 4.78 is 33.7. The zero-order valence-corrected chi connectivity index (χ0v) is 24.9. The molecule has 0 unspecified atom stereocenters. The van der Waals surface area contributed by atoms with Crippen molar-refractivity contribution in [3.05, 3.63) is 70.3 Å². The van der Waals surface area contributed by atoms with Gasteiger partial charge in [0.25, 0.3) is 5.91 Å². The number of benzene rings is 2. The predicted molar refractivity (Wildman–Crippen MR) is 158 cm³/mol. The number of nitrogens with one attached hydrogen (secondary N) is 1. The van der Waals surface area contributed by atoms with Gasteiger partial charge >= 0.3 is 5.97 Å². The highest BCUT2D eigenvalue weighted by molar-refractivity contribution is 5.98. The van der Waals surface area contributed by atoms with Crippen molar-refractivity contribution in [3.63, 3.8) is 0 Å². The molecular weight excluding hydrogens is 542 g/mol. The maximum atomic E-state index is 13.9. The molecule has 2 aromatic rings. The van der Waals surface area contributed by atoms with Crippen LogP contribution in [0.1, 0.15) is 90.6 Å². The summed E-state index contributed by atoms with van der Waals surface area (Å²) in [4.78, 5) is 41.0. The molecule has 1 fully saturated rings. The Morgan fingerprint density at radius 2 is 1.55 bits per heavy atom. The zero-order chi connectivity index (χ0) is 30.9. The van der Waals surface area contributed by atoms with Gasteiger partial charge < -0.3 is 21.1 Å². The minimum Gasteiger partial charge on any atom is -0.456 e. The highest BCUT2D eigenvalue weighted by Gasteiger charge is 2.39. The van der Waals surface area contributed by atoms with Crippen LogP contribution < -0.4 is 16.8 Å². The van der Waals surface area contributed by atoms with Crippen LogP contribution >= 0.6 is 0 Å². The maximum Gasteiger partial charge on any atom is 0.338 e. The number of hydrogen-bond donors (Lipinski definition) is 3. The van der Waals surface area contributed by atoms with E-state index in [-0.39, 0.29) is 24.4 Å². The molecule has 2 aromatic carbocycles. The Hall–Kier alpha value is -3.37. The van der Waals surface area contributed by atoms with Gasteiger partial charge in [0, 0.05) is 37.3 Å². The molecule has 10 heteroatoms. The number of nitrogens with zero attached hydrogens (tertiary/aromatic N) is 1. The van der Waals surface area contributed by atoms with Crippen LogP contribution in [0.2, 0.25) is 0 Å². The number of carbonyl (C=O) groups excluding carboxylic acids is 3. The van der Waals surface area contributed by atoms with E-state index < -0.39 is 41.2 Å². The van der Waals surface area contributed by atoms with Gasteiger partial charge in [0.2, 0.25) is 5.91 Å². The summed E-state index contributed by atoms with van der Waals surface area (Å²) in [6.45, 7) is 7.00. The van der Waals surface area contributed by atoms with Crippen molar-refractivity contribution in [3.8, 4) is 0 Å². The minimum absolute atomic E-state index is 0.00598. The fraction of sp³-hybridized carbons (Fsp3) is 0.531. The van der Waals surface area contributed by atoms with E-state index in [1.54, 1.807) is 24.0 Å². The Bertz CT molecular complexity index is 1220. The molecule has 5 N–H and O–H groups in total. The normalized spacial score (nSPS) is 16.0. The van der Waals surface area contributed by atoms with Crippen LogP contribution in [0.4, 0.5) is 8.78 Å². The number of hydrogen-bond acceptors (Lipinski definition) is 6. The molecule has 0 radical (unpaired) electrons. The second-order valence-electron chi connectivity index (χ2n) is 11.4. The summed E-state index contributed by atoms with van der Waals surface area (Å²) >= 11 is 0. The van der Waals surface area contributed by atoms with E-state index >= 15 is 0 Å². The van der Waals surface area contributed by atoms with E-state index in [9.17, 15) is 23.2 Å². The standard InChI is InChI=1S/C32H44F2N4O4/c1-4-11-38(12-5-2)29(39)23-13-21(3)14-24(18-23)30(40)42-28(20-37-32(31(36)41)9-7-6-8-10-32)27(35)17-22-15-25(33)19-26(34)16-22/h13-16,18-19,27-28,37H,4-12,17,20,35H2,1-3H3,(H2,36,41)/t27-,28+/m0/s1. The summed E-state index contributed by atoms with van der Waals surface area (Å²) in [6, 6.07) is 7.14. The van der Waals surface area contributed by atoms with Crippen molar-refractivity contribution in [1.29, 1.82) is 0 Å². The summed E-state index contributed by atoms with van der Waals surface area (Å²) in [5.74, 6) is -2.83. The topological polar surface area (TPSA) is 128 Å². The smallest absolute Gasteiger partial charge is 0.338 e. The van der Waals surface area contributed by atoms with E-state index in [2.05, 4.69) is 5.32 Å².